The van der Waals surface area contributed by atoms with Crippen LogP contribution in [0.2, 0.25) is 0 Å². The molecule has 178 valence electrons. The van der Waals surface area contributed by atoms with Gasteiger partial charge in [0.2, 0.25) is 5.91 Å². The number of aromatic nitrogens is 3. The highest BCUT2D eigenvalue weighted by Gasteiger charge is 2.32. The van der Waals surface area contributed by atoms with Crippen LogP contribution < -0.4 is 10.2 Å². The van der Waals surface area contributed by atoms with Crippen molar-refractivity contribution >= 4 is 28.3 Å². The summed E-state index contributed by atoms with van der Waals surface area (Å²) in [5.41, 5.74) is 2.48. The third-order valence-electron chi connectivity index (χ3n) is 6.52. The summed E-state index contributed by atoms with van der Waals surface area (Å²) < 4.78 is 33.2. The largest absolute Gasteiger partial charge is 0.380 e. The van der Waals surface area contributed by atoms with E-state index in [0.717, 1.165) is 17.1 Å². The van der Waals surface area contributed by atoms with E-state index in [9.17, 15) is 13.6 Å². The molecule has 1 N–H and O–H groups in total. The molecule has 1 amide bonds. The average molecular weight is 469 g/mol. The van der Waals surface area contributed by atoms with Gasteiger partial charge in [0, 0.05) is 37.1 Å². The summed E-state index contributed by atoms with van der Waals surface area (Å²) >= 11 is 0. The Morgan fingerprint density at radius 2 is 1.94 bits per heavy atom. The number of nitrogens with zero attached hydrogens (tertiary/aromatic N) is 5. The number of piperazine rings is 1. The molecule has 2 saturated heterocycles. The van der Waals surface area contributed by atoms with Gasteiger partial charge in [-0.25, -0.2) is 8.78 Å². The van der Waals surface area contributed by atoms with Crippen LogP contribution in [0.15, 0.2) is 30.5 Å². The van der Waals surface area contributed by atoms with Gasteiger partial charge in [-0.2, -0.15) is 5.10 Å². The Bertz CT molecular complexity index is 1230. The lowest BCUT2D eigenvalue weighted by atomic mass is 10.1. The van der Waals surface area contributed by atoms with E-state index in [-0.39, 0.29) is 17.4 Å². The minimum Gasteiger partial charge on any atom is -0.380 e. The SMILES string of the molecule is Cc1nnc(N[C@H](C)c2cccc(F)c2F)c2cc(N3CCN(C(=O)C4COC4)CC3)cnc12. The van der Waals surface area contributed by atoms with Crippen molar-refractivity contribution in [2.24, 2.45) is 5.92 Å². The highest BCUT2D eigenvalue weighted by molar-refractivity contribution is 5.92. The van der Waals surface area contributed by atoms with Crippen molar-refractivity contribution in [3.63, 3.8) is 0 Å². The van der Waals surface area contributed by atoms with E-state index >= 15 is 0 Å². The van der Waals surface area contributed by atoms with Crippen molar-refractivity contribution < 1.29 is 18.3 Å². The lowest BCUT2D eigenvalue weighted by molar-refractivity contribution is -0.150. The summed E-state index contributed by atoms with van der Waals surface area (Å²) in [6, 6.07) is 5.56. The Morgan fingerprint density at radius 3 is 2.65 bits per heavy atom. The first-order valence-electron chi connectivity index (χ1n) is 11.4. The molecule has 0 aliphatic carbocycles. The monoisotopic (exact) mass is 468 g/mol. The van der Waals surface area contributed by atoms with Crippen LogP contribution in [0.1, 0.15) is 24.2 Å². The molecule has 8 nitrogen and oxygen atoms in total. The van der Waals surface area contributed by atoms with Crippen molar-refractivity contribution in [3.05, 3.63) is 53.4 Å². The Morgan fingerprint density at radius 1 is 1.18 bits per heavy atom. The summed E-state index contributed by atoms with van der Waals surface area (Å²) in [6.45, 7) is 7.27. The number of benzene rings is 1. The van der Waals surface area contributed by atoms with E-state index in [4.69, 9.17) is 4.74 Å². The number of hydrogen-bond donors (Lipinski definition) is 1. The van der Waals surface area contributed by atoms with Gasteiger partial charge in [-0.1, -0.05) is 12.1 Å². The van der Waals surface area contributed by atoms with E-state index < -0.39 is 17.7 Å². The average Bonchev–Trinajstić information content (AvgIpc) is 2.81. The van der Waals surface area contributed by atoms with Crippen LogP contribution in [0, 0.1) is 24.5 Å². The van der Waals surface area contributed by atoms with E-state index in [2.05, 4.69) is 25.4 Å². The number of fused-ring (bicyclic) bond motifs is 1. The predicted molar refractivity (Wildman–Crippen MR) is 124 cm³/mol. The highest BCUT2D eigenvalue weighted by atomic mass is 19.2. The summed E-state index contributed by atoms with van der Waals surface area (Å²) in [4.78, 5) is 21.2. The number of carbonyl (C=O) groups excluding carboxylic acids is 1. The van der Waals surface area contributed by atoms with Gasteiger partial charge in [0.25, 0.3) is 0 Å². The molecule has 5 rings (SSSR count). The van der Waals surface area contributed by atoms with Crippen molar-refractivity contribution in [1.82, 2.24) is 20.1 Å². The first-order chi connectivity index (χ1) is 16.4. The predicted octanol–water partition coefficient (Wildman–Crippen LogP) is 3.08. The maximum absolute atomic E-state index is 14.3. The van der Waals surface area contributed by atoms with Gasteiger partial charge >= 0.3 is 0 Å². The van der Waals surface area contributed by atoms with Gasteiger partial charge < -0.3 is 19.9 Å². The van der Waals surface area contributed by atoms with Gasteiger partial charge in [0.1, 0.15) is 0 Å². The number of rotatable bonds is 5. The van der Waals surface area contributed by atoms with Gasteiger partial charge in [-0.3, -0.25) is 9.78 Å². The van der Waals surface area contributed by atoms with Crippen molar-refractivity contribution in [2.75, 3.05) is 49.6 Å². The van der Waals surface area contributed by atoms with Crippen LogP contribution in [0.5, 0.6) is 0 Å². The molecule has 2 aromatic heterocycles. The molecule has 2 fully saturated rings. The van der Waals surface area contributed by atoms with Gasteiger partial charge in [0.05, 0.1) is 48.3 Å². The molecule has 34 heavy (non-hydrogen) atoms. The Hall–Kier alpha value is -3.40. The zero-order chi connectivity index (χ0) is 23.8. The number of pyridine rings is 1. The number of ether oxygens (including phenoxy) is 1. The molecular formula is C24H26F2N6O2. The number of amides is 1. The maximum Gasteiger partial charge on any atom is 0.230 e. The third kappa shape index (κ3) is 4.13. The van der Waals surface area contributed by atoms with E-state index in [0.29, 0.717) is 56.4 Å². The second-order valence-corrected chi connectivity index (χ2v) is 8.78. The number of anilines is 2. The van der Waals surface area contributed by atoms with Crippen LogP contribution in [0.4, 0.5) is 20.3 Å². The van der Waals surface area contributed by atoms with Crippen molar-refractivity contribution in [2.45, 2.75) is 19.9 Å². The summed E-state index contributed by atoms with van der Waals surface area (Å²) in [5, 5.41) is 12.4. The smallest absolute Gasteiger partial charge is 0.230 e. The van der Waals surface area contributed by atoms with Crippen LogP contribution in [-0.4, -0.2) is 65.4 Å². The zero-order valence-electron chi connectivity index (χ0n) is 19.1. The Kier molecular flexibility index (Phi) is 5.99. The van der Waals surface area contributed by atoms with Gasteiger partial charge in [0.15, 0.2) is 17.5 Å². The molecule has 0 radical (unpaired) electrons. The second kappa shape index (κ2) is 9.09. The van der Waals surface area contributed by atoms with Gasteiger partial charge in [-0.05, 0) is 26.0 Å². The molecule has 1 atom stereocenters. The molecule has 10 heteroatoms. The first-order valence-corrected chi connectivity index (χ1v) is 11.4. The molecule has 0 bridgehead atoms. The van der Waals surface area contributed by atoms with Crippen molar-refractivity contribution in [3.8, 4) is 0 Å². The van der Waals surface area contributed by atoms with Crippen LogP contribution >= 0.6 is 0 Å². The number of hydrogen-bond acceptors (Lipinski definition) is 7. The summed E-state index contributed by atoms with van der Waals surface area (Å²) in [6.07, 6.45) is 1.80. The standard InChI is InChI=1S/C24H26F2N6O2/c1-14(18-4-3-5-20(25)21(18)26)28-23-19-10-17(11-27-22(19)15(2)29-30-23)31-6-8-32(9-7-31)24(33)16-12-34-13-16/h3-5,10-11,14,16H,6-9,12-13H2,1-2H3,(H,28,30)/t14-/m1/s1. The number of halogens is 2. The lowest BCUT2D eigenvalue weighted by Crippen LogP contribution is -2.53. The number of aryl methyl sites for hydroxylation is 1. The van der Waals surface area contributed by atoms with Crippen LogP contribution in [0.25, 0.3) is 10.9 Å². The molecule has 3 aromatic rings. The lowest BCUT2D eigenvalue weighted by Gasteiger charge is -2.39. The fourth-order valence-electron chi connectivity index (χ4n) is 4.39. The zero-order valence-corrected chi connectivity index (χ0v) is 19.1. The molecule has 0 spiro atoms. The summed E-state index contributed by atoms with van der Waals surface area (Å²) in [5.74, 6) is -1.17. The highest BCUT2D eigenvalue weighted by Crippen LogP contribution is 2.30. The maximum atomic E-state index is 14.3. The van der Waals surface area contributed by atoms with E-state index in [1.54, 1.807) is 19.2 Å². The molecule has 2 aliphatic heterocycles. The van der Waals surface area contributed by atoms with E-state index in [1.165, 1.54) is 6.07 Å². The summed E-state index contributed by atoms with van der Waals surface area (Å²) in [7, 11) is 0. The fraction of sp³-hybridized carbons (Fsp3) is 0.417. The van der Waals surface area contributed by atoms with Gasteiger partial charge in [-0.15, -0.1) is 5.10 Å². The molecular weight excluding hydrogens is 442 g/mol. The third-order valence-corrected chi connectivity index (χ3v) is 6.52. The second-order valence-electron chi connectivity index (χ2n) is 8.78. The molecule has 1 aromatic carbocycles. The topological polar surface area (TPSA) is 83.5 Å². The minimum atomic E-state index is -0.891. The van der Waals surface area contributed by atoms with Crippen LogP contribution in [-0.2, 0) is 9.53 Å². The molecule has 4 heterocycles. The number of nitrogens with one attached hydrogen (secondary N) is 1. The van der Waals surface area contributed by atoms with E-state index in [1.807, 2.05) is 17.9 Å². The Balaban J connectivity index is 1.37. The molecule has 2 aliphatic rings. The fourth-order valence-corrected chi connectivity index (χ4v) is 4.39. The normalized spacial score (nSPS) is 17.5. The van der Waals surface area contributed by atoms with Crippen molar-refractivity contribution in [1.29, 1.82) is 0 Å². The Labute approximate surface area is 195 Å². The molecule has 0 unspecified atom stereocenters. The number of carbonyl (C=O) groups is 1. The molecule has 0 saturated carbocycles. The quantitative estimate of drug-likeness (QED) is 0.616. The first kappa shape index (κ1) is 22.4. The van der Waals surface area contributed by atoms with Crippen LogP contribution in [0.3, 0.4) is 0 Å². The minimum absolute atomic E-state index is 0.00557.